The van der Waals surface area contributed by atoms with E-state index in [9.17, 15) is 0 Å². The first-order valence-electron chi connectivity index (χ1n) is 13.4. The highest BCUT2D eigenvalue weighted by atomic mass is 16.0. The summed E-state index contributed by atoms with van der Waals surface area (Å²) < 4.78 is 0. The molecule has 0 radical (unpaired) electrons. The molecule has 0 heterocycles. The van der Waals surface area contributed by atoms with Gasteiger partial charge in [0.25, 0.3) is 0 Å². The van der Waals surface area contributed by atoms with Crippen molar-refractivity contribution in [1.82, 2.24) is 0 Å². The van der Waals surface area contributed by atoms with Crippen LogP contribution in [0.15, 0.2) is 0 Å². The summed E-state index contributed by atoms with van der Waals surface area (Å²) in [6.45, 7) is 9.23. The van der Waals surface area contributed by atoms with Gasteiger partial charge in [-0.05, 0) is 31.6 Å². The lowest BCUT2D eigenvalue weighted by molar-refractivity contribution is 0.200. The molecule has 0 fully saturated rings. The highest BCUT2D eigenvalue weighted by molar-refractivity contribution is 4.90. The minimum absolute atomic E-state index is 0. The molecule has 4 N–H and O–H groups in total. The molecule has 1 atom stereocenters. The number of rotatable bonds is 22. The molecule has 0 aromatic heterocycles. The van der Waals surface area contributed by atoms with Gasteiger partial charge in [-0.25, -0.2) is 0 Å². The van der Waals surface area contributed by atoms with Gasteiger partial charge >= 0.3 is 0 Å². The maximum atomic E-state index is 6.90. The van der Waals surface area contributed by atoms with Gasteiger partial charge in [-0.3, -0.25) is 0 Å². The Bertz CT molecular complexity index is 299. The van der Waals surface area contributed by atoms with Crippen LogP contribution in [0.25, 0.3) is 0 Å². The topological polar surface area (TPSA) is 57.5 Å². The van der Waals surface area contributed by atoms with Crippen molar-refractivity contribution in [2.24, 2.45) is 11.7 Å². The predicted octanol–water partition coefficient (Wildman–Crippen LogP) is 8.75. The van der Waals surface area contributed by atoms with Crippen LogP contribution in [-0.2, 0) is 0 Å². The molecule has 0 aliphatic rings. The van der Waals surface area contributed by atoms with Gasteiger partial charge in [0.1, 0.15) is 0 Å². The van der Waals surface area contributed by atoms with Gasteiger partial charge in [-0.1, -0.05) is 137 Å². The molecule has 29 heavy (non-hydrogen) atoms. The van der Waals surface area contributed by atoms with E-state index in [-0.39, 0.29) is 11.0 Å². The predicted molar refractivity (Wildman–Crippen MR) is 134 cm³/mol. The van der Waals surface area contributed by atoms with Crippen LogP contribution in [0.2, 0.25) is 0 Å². The monoisotopic (exact) mass is 413 g/mol. The Morgan fingerprint density at radius 2 is 0.862 bits per heavy atom. The van der Waals surface area contributed by atoms with Crippen LogP contribution in [0.1, 0.15) is 163 Å². The second kappa shape index (κ2) is 22.6. The maximum absolute atomic E-state index is 6.90. The average Bonchev–Trinajstić information content (AvgIpc) is 2.67. The highest BCUT2D eigenvalue weighted by Crippen LogP contribution is 2.33. The van der Waals surface area contributed by atoms with E-state index in [1.165, 1.54) is 135 Å². The fraction of sp³-hybridized carbons (Fsp3) is 1.00. The molecule has 0 aliphatic carbocycles. The largest absolute Gasteiger partial charge is 0.412 e. The average molecular weight is 414 g/mol. The number of hydrogen-bond donors (Lipinski definition) is 1. The molecule has 0 spiro atoms. The third-order valence-corrected chi connectivity index (χ3v) is 6.79. The van der Waals surface area contributed by atoms with E-state index in [4.69, 9.17) is 5.73 Å². The minimum atomic E-state index is 0. The minimum Gasteiger partial charge on any atom is -0.412 e. The van der Waals surface area contributed by atoms with Gasteiger partial charge in [0, 0.05) is 5.54 Å². The molecule has 0 rings (SSSR count). The molecule has 0 bridgehead atoms. The third-order valence-electron chi connectivity index (χ3n) is 6.79. The van der Waals surface area contributed by atoms with Crippen LogP contribution in [0.5, 0.6) is 0 Å². The van der Waals surface area contributed by atoms with E-state index < -0.39 is 0 Å². The fourth-order valence-electron chi connectivity index (χ4n) is 5.12. The van der Waals surface area contributed by atoms with Crippen LogP contribution < -0.4 is 5.73 Å². The Morgan fingerprint density at radius 3 is 1.21 bits per heavy atom. The molecular weight excluding hydrogens is 354 g/mol. The van der Waals surface area contributed by atoms with Gasteiger partial charge in [0.15, 0.2) is 0 Å². The summed E-state index contributed by atoms with van der Waals surface area (Å²) in [5, 5.41) is 0. The first-order chi connectivity index (χ1) is 13.6. The fourth-order valence-corrected chi connectivity index (χ4v) is 5.12. The molecule has 0 amide bonds. The Kier molecular flexibility index (Phi) is 24.2. The van der Waals surface area contributed by atoms with Gasteiger partial charge in [0.2, 0.25) is 0 Å². The van der Waals surface area contributed by atoms with Crippen LogP contribution in [-0.4, -0.2) is 11.0 Å². The van der Waals surface area contributed by atoms with Crippen molar-refractivity contribution in [3.05, 3.63) is 0 Å². The van der Waals surface area contributed by atoms with Crippen molar-refractivity contribution in [2.75, 3.05) is 0 Å². The number of hydrogen-bond acceptors (Lipinski definition) is 1. The summed E-state index contributed by atoms with van der Waals surface area (Å²) in [5.41, 5.74) is 7.01. The van der Waals surface area contributed by atoms with E-state index in [1.807, 2.05) is 0 Å². The molecule has 0 aromatic rings. The Balaban J connectivity index is 0. The van der Waals surface area contributed by atoms with Crippen LogP contribution >= 0.6 is 0 Å². The molecule has 0 saturated carbocycles. The second-order valence-electron chi connectivity index (χ2n) is 9.60. The van der Waals surface area contributed by atoms with Crippen molar-refractivity contribution < 1.29 is 5.48 Å². The van der Waals surface area contributed by atoms with Crippen LogP contribution in [0.4, 0.5) is 0 Å². The van der Waals surface area contributed by atoms with Crippen molar-refractivity contribution >= 4 is 0 Å². The van der Waals surface area contributed by atoms with Gasteiger partial charge in [-0.15, -0.1) is 0 Å². The maximum Gasteiger partial charge on any atom is 0.0182 e. The normalized spacial score (nSPS) is 12.7. The van der Waals surface area contributed by atoms with E-state index >= 15 is 0 Å². The van der Waals surface area contributed by atoms with Crippen LogP contribution in [0, 0.1) is 5.92 Å². The quantitative estimate of drug-likeness (QED) is 0.177. The Labute approximate surface area is 185 Å². The highest BCUT2D eigenvalue weighted by Gasteiger charge is 2.31. The van der Waals surface area contributed by atoms with Gasteiger partial charge in [-0.2, -0.15) is 0 Å². The zero-order valence-corrected chi connectivity index (χ0v) is 21.0. The zero-order valence-electron chi connectivity index (χ0n) is 21.0. The van der Waals surface area contributed by atoms with Crippen molar-refractivity contribution in [1.29, 1.82) is 0 Å². The lowest BCUT2D eigenvalue weighted by Crippen LogP contribution is -2.47. The zero-order chi connectivity index (χ0) is 20.9. The summed E-state index contributed by atoms with van der Waals surface area (Å²) in [4.78, 5) is 0. The first-order valence-corrected chi connectivity index (χ1v) is 13.4. The molecule has 2 heteroatoms. The summed E-state index contributed by atoms with van der Waals surface area (Å²) in [6.07, 6.45) is 29.1. The third kappa shape index (κ3) is 17.3. The van der Waals surface area contributed by atoms with E-state index in [0.717, 1.165) is 5.92 Å². The SMILES string of the molecule is CCCCCCCCCCCCCCCCC(CCC)C(N)(CCC)CCC.O. The molecule has 0 aromatic carbocycles. The molecule has 2 nitrogen and oxygen atoms in total. The number of nitrogens with two attached hydrogens (primary N) is 1. The van der Waals surface area contributed by atoms with Crippen molar-refractivity contribution in [3.63, 3.8) is 0 Å². The Morgan fingerprint density at radius 1 is 0.483 bits per heavy atom. The van der Waals surface area contributed by atoms with Crippen molar-refractivity contribution in [2.45, 2.75) is 168 Å². The van der Waals surface area contributed by atoms with Crippen molar-refractivity contribution in [3.8, 4) is 0 Å². The molecular formula is C27H59NO. The smallest absolute Gasteiger partial charge is 0.0182 e. The van der Waals surface area contributed by atoms with E-state index in [0.29, 0.717) is 0 Å². The standard InChI is InChI=1S/C27H57N.H2O/c1-5-9-10-11-12-13-14-15-16-17-18-19-20-21-23-26(22-6-2)27(28,24-7-3)25-8-4;/h26H,5-25,28H2,1-4H3;1H2. The molecule has 0 saturated heterocycles. The summed E-state index contributed by atoms with van der Waals surface area (Å²) in [6, 6.07) is 0. The molecule has 0 aliphatic heterocycles. The van der Waals surface area contributed by atoms with Gasteiger partial charge in [0.05, 0.1) is 0 Å². The molecule has 1 unspecified atom stereocenters. The summed E-state index contributed by atoms with van der Waals surface area (Å²) >= 11 is 0. The van der Waals surface area contributed by atoms with E-state index in [2.05, 4.69) is 27.7 Å². The molecule has 178 valence electrons. The number of unbranched alkanes of at least 4 members (excludes halogenated alkanes) is 13. The summed E-state index contributed by atoms with van der Waals surface area (Å²) in [5.74, 6) is 0.745. The van der Waals surface area contributed by atoms with Gasteiger partial charge < -0.3 is 11.2 Å². The van der Waals surface area contributed by atoms with Crippen LogP contribution in [0.3, 0.4) is 0 Å². The van der Waals surface area contributed by atoms with E-state index in [1.54, 1.807) is 0 Å². The summed E-state index contributed by atoms with van der Waals surface area (Å²) in [7, 11) is 0. The first kappa shape index (κ1) is 31.1. The lowest BCUT2D eigenvalue weighted by atomic mass is 9.73. The lowest BCUT2D eigenvalue weighted by Gasteiger charge is -2.38. The Hall–Kier alpha value is -0.0800. The second-order valence-corrected chi connectivity index (χ2v) is 9.60.